The smallest absolute Gasteiger partial charge is 0.228 e. The molecule has 162 valence electrons. The number of amides is 1. The Hall–Kier alpha value is -1.67. The lowest BCUT2D eigenvalue weighted by molar-refractivity contribution is -0.118. The van der Waals surface area contributed by atoms with Gasteiger partial charge in [-0.1, -0.05) is 29.0 Å². The number of halogens is 2. The molecule has 0 aliphatic carbocycles. The van der Waals surface area contributed by atoms with Crippen LogP contribution in [-0.2, 0) is 4.79 Å². The molecule has 0 saturated carbocycles. The molecule has 0 unspecified atom stereocenters. The number of hydrogen-bond acceptors (Lipinski definition) is 5. The van der Waals surface area contributed by atoms with Crippen molar-refractivity contribution in [3.8, 4) is 0 Å². The Balaban J connectivity index is 0.00000320. The zero-order chi connectivity index (χ0) is 20.8. The van der Waals surface area contributed by atoms with Gasteiger partial charge in [-0.3, -0.25) is 9.69 Å². The van der Waals surface area contributed by atoms with E-state index in [2.05, 4.69) is 36.2 Å². The van der Waals surface area contributed by atoms with Gasteiger partial charge in [-0.2, -0.15) is 0 Å². The summed E-state index contributed by atoms with van der Waals surface area (Å²) in [4.78, 5) is 22.5. The minimum absolute atomic E-state index is 0. The molecule has 0 bridgehead atoms. The molecule has 1 heterocycles. The fourth-order valence-electron chi connectivity index (χ4n) is 2.81. The second kappa shape index (κ2) is 11.6. The Bertz CT molecular complexity index is 963. The number of carbonyl (C=O) groups is 1. The summed E-state index contributed by atoms with van der Waals surface area (Å²) in [6.07, 6.45) is 1.27. The zero-order valence-corrected chi connectivity index (χ0v) is 19.9. The van der Waals surface area contributed by atoms with Crippen molar-refractivity contribution in [2.45, 2.75) is 24.7 Å². The lowest BCUT2D eigenvalue weighted by atomic mass is 10.2. The molecule has 0 fully saturated rings. The van der Waals surface area contributed by atoms with E-state index in [1.165, 1.54) is 33.9 Å². The maximum absolute atomic E-state index is 13.5. The third-order valence-corrected chi connectivity index (χ3v) is 6.61. The summed E-state index contributed by atoms with van der Waals surface area (Å²) < 4.78 is 14.3. The average Bonchev–Trinajstić information content (AvgIpc) is 3.09. The highest BCUT2D eigenvalue weighted by molar-refractivity contribution is 7.99. The van der Waals surface area contributed by atoms with Crippen LogP contribution in [0.2, 0.25) is 0 Å². The molecule has 30 heavy (non-hydrogen) atoms. The fourth-order valence-corrected chi connectivity index (χ4v) is 4.70. The van der Waals surface area contributed by atoms with Crippen molar-refractivity contribution >= 4 is 56.8 Å². The van der Waals surface area contributed by atoms with Gasteiger partial charge in [0.15, 0.2) is 5.13 Å². The molecule has 1 aromatic heterocycles. The number of fused-ring (bicyclic) bond motifs is 1. The summed E-state index contributed by atoms with van der Waals surface area (Å²) in [6.45, 7) is 3.39. The molecule has 0 N–H and O–H groups in total. The minimum Gasteiger partial charge on any atom is -0.308 e. The lowest BCUT2D eigenvalue weighted by Crippen LogP contribution is -2.36. The van der Waals surface area contributed by atoms with Crippen molar-refractivity contribution in [3.05, 3.63) is 53.8 Å². The Morgan fingerprint density at radius 2 is 1.87 bits per heavy atom. The van der Waals surface area contributed by atoms with Gasteiger partial charge in [-0.25, -0.2) is 9.37 Å². The molecular formula is C22H27ClFN3OS2. The number of hydrogen-bond donors (Lipinski definition) is 0. The van der Waals surface area contributed by atoms with Gasteiger partial charge in [-0.15, -0.1) is 24.2 Å². The molecule has 0 atom stereocenters. The van der Waals surface area contributed by atoms with Crippen LogP contribution in [0.3, 0.4) is 0 Å². The predicted molar refractivity (Wildman–Crippen MR) is 129 cm³/mol. The number of nitrogens with zero attached hydrogens (tertiary/aromatic N) is 3. The molecular weight excluding hydrogens is 441 g/mol. The molecule has 2 aromatic carbocycles. The number of benzene rings is 2. The number of thiazole rings is 1. The van der Waals surface area contributed by atoms with Crippen molar-refractivity contribution in [2.24, 2.45) is 0 Å². The Labute approximate surface area is 191 Å². The van der Waals surface area contributed by atoms with E-state index in [0.717, 1.165) is 28.9 Å². The monoisotopic (exact) mass is 467 g/mol. The molecule has 0 aliphatic heterocycles. The number of carbonyl (C=O) groups excluding carboxylic acids is 1. The highest BCUT2D eigenvalue weighted by atomic mass is 35.5. The van der Waals surface area contributed by atoms with Gasteiger partial charge < -0.3 is 4.90 Å². The largest absolute Gasteiger partial charge is 0.308 e. The van der Waals surface area contributed by atoms with Crippen LogP contribution in [0, 0.1) is 12.7 Å². The molecule has 8 heteroatoms. The van der Waals surface area contributed by atoms with E-state index in [1.807, 2.05) is 19.0 Å². The van der Waals surface area contributed by atoms with Gasteiger partial charge in [0, 0.05) is 24.4 Å². The predicted octanol–water partition coefficient (Wildman–Crippen LogP) is 5.63. The minimum atomic E-state index is -0.285. The number of aryl methyl sites for hydroxylation is 1. The van der Waals surface area contributed by atoms with Crippen molar-refractivity contribution in [1.82, 2.24) is 9.88 Å². The normalized spacial score (nSPS) is 11.0. The number of likely N-dealkylation sites (N-methyl/N-ethyl adjacent to an activating group) is 1. The molecule has 3 rings (SSSR count). The van der Waals surface area contributed by atoms with Gasteiger partial charge in [0.2, 0.25) is 5.91 Å². The molecule has 0 saturated heterocycles. The van der Waals surface area contributed by atoms with Gasteiger partial charge >= 0.3 is 0 Å². The first kappa shape index (κ1) is 24.6. The molecule has 0 radical (unpaired) electrons. The number of rotatable bonds is 9. The van der Waals surface area contributed by atoms with Crippen molar-refractivity contribution in [3.63, 3.8) is 0 Å². The van der Waals surface area contributed by atoms with Gasteiger partial charge in [0.05, 0.1) is 10.2 Å². The second-order valence-electron chi connectivity index (χ2n) is 7.22. The second-order valence-corrected chi connectivity index (χ2v) is 9.40. The van der Waals surface area contributed by atoms with Crippen LogP contribution < -0.4 is 4.90 Å². The van der Waals surface area contributed by atoms with Crippen LogP contribution in [0.5, 0.6) is 0 Å². The van der Waals surface area contributed by atoms with Crippen LogP contribution in [0.15, 0.2) is 47.4 Å². The van der Waals surface area contributed by atoms with E-state index in [0.29, 0.717) is 18.1 Å². The summed E-state index contributed by atoms with van der Waals surface area (Å²) in [5.74, 6) is 0.671. The van der Waals surface area contributed by atoms with Gasteiger partial charge in [0.25, 0.3) is 0 Å². The topological polar surface area (TPSA) is 36.4 Å². The highest BCUT2D eigenvalue weighted by Crippen LogP contribution is 2.30. The molecule has 0 spiro atoms. The molecule has 1 amide bonds. The van der Waals surface area contributed by atoms with E-state index in [-0.39, 0.29) is 24.1 Å². The third kappa shape index (κ3) is 6.94. The van der Waals surface area contributed by atoms with Crippen molar-refractivity contribution in [1.29, 1.82) is 0 Å². The summed E-state index contributed by atoms with van der Waals surface area (Å²) in [7, 11) is 3.96. The maximum atomic E-state index is 13.5. The molecule has 0 aliphatic rings. The van der Waals surface area contributed by atoms with E-state index in [9.17, 15) is 9.18 Å². The first-order chi connectivity index (χ1) is 13.9. The van der Waals surface area contributed by atoms with Crippen LogP contribution in [0.4, 0.5) is 9.52 Å². The van der Waals surface area contributed by atoms with Crippen LogP contribution in [0.1, 0.15) is 18.4 Å². The first-order valence-electron chi connectivity index (χ1n) is 9.63. The molecule has 4 nitrogen and oxygen atoms in total. The molecule has 3 aromatic rings. The van der Waals surface area contributed by atoms with Gasteiger partial charge in [0.1, 0.15) is 5.82 Å². The highest BCUT2D eigenvalue weighted by Gasteiger charge is 2.19. The van der Waals surface area contributed by atoms with E-state index < -0.39 is 0 Å². The van der Waals surface area contributed by atoms with Crippen LogP contribution in [-0.4, -0.2) is 48.7 Å². The Morgan fingerprint density at radius 3 is 2.57 bits per heavy atom. The number of thioether (sulfide) groups is 1. The lowest BCUT2D eigenvalue weighted by Gasteiger charge is -2.22. The number of aromatic nitrogens is 1. The Kier molecular flexibility index (Phi) is 9.55. The van der Waals surface area contributed by atoms with Crippen molar-refractivity contribution in [2.75, 3.05) is 37.8 Å². The Morgan fingerprint density at radius 1 is 1.13 bits per heavy atom. The zero-order valence-electron chi connectivity index (χ0n) is 17.4. The van der Waals surface area contributed by atoms with Crippen molar-refractivity contribution < 1.29 is 9.18 Å². The summed E-state index contributed by atoms with van der Waals surface area (Å²) in [6, 6.07) is 13.0. The third-order valence-electron chi connectivity index (χ3n) is 4.47. The average molecular weight is 468 g/mol. The van der Waals surface area contributed by atoms with E-state index in [1.54, 1.807) is 22.7 Å². The summed E-state index contributed by atoms with van der Waals surface area (Å²) in [5, 5.41) is 0.642. The standard InChI is InChI=1S/C22H26FN3OS2.ClH/c1-16-6-9-18(10-7-16)28-14-4-5-21(27)26(13-12-25(2)3)22-24-19-11-8-17(23)15-20(19)29-22;/h6-11,15H,4-5,12-14H2,1-3H3;1H. The first-order valence-corrected chi connectivity index (χ1v) is 11.4. The van der Waals surface area contributed by atoms with Crippen LogP contribution >= 0.6 is 35.5 Å². The van der Waals surface area contributed by atoms with Gasteiger partial charge in [-0.05, 0) is 63.5 Å². The SMILES string of the molecule is Cc1ccc(SCCCC(=O)N(CCN(C)C)c2nc3ccc(F)cc3s2)cc1.Cl. The maximum Gasteiger partial charge on any atom is 0.228 e. The summed E-state index contributed by atoms with van der Waals surface area (Å²) >= 11 is 3.14. The van der Waals surface area contributed by atoms with E-state index >= 15 is 0 Å². The number of anilines is 1. The van der Waals surface area contributed by atoms with E-state index in [4.69, 9.17) is 0 Å². The van der Waals surface area contributed by atoms with Crippen LogP contribution in [0.25, 0.3) is 10.2 Å². The fraction of sp³-hybridized carbons (Fsp3) is 0.364. The quantitative estimate of drug-likeness (QED) is 0.301. The summed E-state index contributed by atoms with van der Waals surface area (Å²) in [5.41, 5.74) is 1.97.